The van der Waals surface area contributed by atoms with Crippen LogP contribution >= 0.6 is 0 Å². The van der Waals surface area contributed by atoms with E-state index in [-0.39, 0.29) is 16.2 Å². The average molecular weight is 879 g/mol. The SMILES string of the molecule is CC1(C)c2ccccc2-c2ccc(-c3ccc4c(c3)C(C)(C)c3cc(-c5ccc6c(c5)C(C)(C)c5cc(-c7cc8c9cccc%10c9c(cc8c8ccccc78)-c7ccccc7-%10)ccc5-6)ccc3-4)cc21. The fourth-order valence-electron chi connectivity index (χ4n) is 13.8. The molecule has 0 fully saturated rings. The van der Waals surface area contributed by atoms with Gasteiger partial charge in [-0.2, -0.15) is 0 Å². The van der Waals surface area contributed by atoms with Gasteiger partial charge in [0.2, 0.25) is 0 Å². The van der Waals surface area contributed by atoms with Gasteiger partial charge in [-0.25, -0.2) is 0 Å². The first-order valence-electron chi connectivity index (χ1n) is 24.8. The molecule has 0 N–H and O–H groups in total. The van der Waals surface area contributed by atoms with Gasteiger partial charge in [-0.3, -0.25) is 0 Å². The summed E-state index contributed by atoms with van der Waals surface area (Å²) < 4.78 is 0. The Morgan fingerprint density at radius 2 is 0.551 bits per heavy atom. The first kappa shape index (κ1) is 39.2. The molecule has 0 saturated carbocycles. The summed E-state index contributed by atoms with van der Waals surface area (Å²) in [6.45, 7) is 14.4. The minimum absolute atomic E-state index is 0.0259. The van der Waals surface area contributed by atoms with Crippen molar-refractivity contribution in [3.63, 3.8) is 0 Å². The van der Waals surface area contributed by atoms with Crippen LogP contribution in [0.2, 0.25) is 0 Å². The largest absolute Gasteiger partial charge is 0.0619 e. The molecule has 0 heteroatoms. The van der Waals surface area contributed by atoms with Gasteiger partial charge in [0.05, 0.1) is 0 Å². The van der Waals surface area contributed by atoms with Crippen molar-refractivity contribution >= 4 is 32.3 Å². The highest BCUT2D eigenvalue weighted by atomic mass is 14.4. The summed E-state index contributed by atoms with van der Waals surface area (Å²) in [6.07, 6.45) is 0. The Labute approximate surface area is 404 Å². The second-order valence-corrected chi connectivity index (χ2v) is 22.0. The maximum absolute atomic E-state index is 2.50. The summed E-state index contributed by atoms with van der Waals surface area (Å²) in [5.74, 6) is 0. The van der Waals surface area contributed by atoms with E-state index < -0.39 is 0 Å². The third-order valence-corrected chi connectivity index (χ3v) is 17.4. The van der Waals surface area contributed by atoms with Gasteiger partial charge < -0.3 is 0 Å². The molecule has 11 aromatic carbocycles. The fraction of sp³-hybridized carbons (Fsp3) is 0.130. The highest BCUT2D eigenvalue weighted by Crippen LogP contribution is 2.56. The lowest BCUT2D eigenvalue weighted by atomic mass is 9.79. The standard InChI is InChI=1S/C69H50/c1-67(2)60-21-12-11-18-48(60)49-27-22-39(32-61(49)67)40-23-28-50-51-29-24-41(34-63(51)68(3,4)62(50)33-40)42-25-30-52-53-31-26-43(36-65(53)69(5,6)64(52)35-42)56-37-58-55-20-13-19-54-44-14-7-10-17-47(44)59(66(54)55)38-57(58)46-16-9-8-15-45(46)56/h7-38H,1-6H3. The van der Waals surface area contributed by atoms with Gasteiger partial charge in [0.15, 0.2) is 0 Å². The van der Waals surface area contributed by atoms with Crippen molar-refractivity contribution in [3.05, 3.63) is 228 Å². The van der Waals surface area contributed by atoms with Gasteiger partial charge in [-0.1, -0.05) is 193 Å². The number of rotatable bonds is 3. The van der Waals surface area contributed by atoms with Crippen LogP contribution in [0.5, 0.6) is 0 Å². The van der Waals surface area contributed by atoms with Gasteiger partial charge >= 0.3 is 0 Å². The Morgan fingerprint density at radius 1 is 0.203 bits per heavy atom. The Balaban J connectivity index is 0.785. The van der Waals surface area contributed by atoms with Crippen molar-refractivity contribution in [2.75, 3.05) is 0 Å². The van der Waals surface area contributed by atoms with Crippen LogP contribution < -0.4 is 0 Å². The van der Waals surface area contributed by atoms with Crippen LogP contribution in [-0.2, 0) is 16.2 Å². The number of benzene rings is 11. The van der Waals surface area contributed by atoms with Crippen molar-refractivity contribution < 1.29 is 0 Å². The van der Waals surface area contributed by atoms with E-state index in [1.165, 1.54) is 155 Å². The molecule has 0 heterocycles. The van der Waals surface area contributed by atoms with Crippen LogP contribution in [0.4, 0.5) is 0 Å². The molecule has 4 aliphatic carbocycles. The first-order valence-corrected chi connectivity index (χ1v) is 24.8. The molecule has 0 atom stereocenters. The topological polar surface area (TPSA) is 0 Å². The predicted octanol–water partition coefficient (Wildman–Crippen LogP) is 18.7. The number of hydrogen-bond acceptors (Lipinski definition) is 0. The lowest BCUT2D eigenvalue weighted by molar-refractivity contribution is 0.659. The molecule has 0 aromatic heterocycles. The molecule has 0 spiro atoms. The van der Waals surface area contributed by atoms with Gasteiger partial charge in [0, 0.05) is 16.2 Å². The minimum Gasteiger partial charge on any atom is -0.0619 e. The Hall–Kier alpha value is -7.80. The zero-order valence-electron chi connectivity index (χ0n) is 40.0. The molecule has 0 unspecified atom stereocenters. The molecule has 15 rings (SSSR count). The van der Waals surface area contributed by atoms with Gasteiger partial charge in [-0.05, 0) is 197 Å². The fourth-order valence-corrected chi connectivity index (χ4v) is 13.8. The van der Waals surface area contributed by atoms with Gasteiger partial charge in [-0.15, -0.1) is 0 Å². The molecule has 0 saturated heterocycles. The maximum Gasteiger partial charge on any atom is 0.0159 e. The zero-order valence-corrected chi connectivity index (χ0v) is 40.0. The quantitative estimate of drug-likeness (QED) is 0.155. The monoisotopic (exact) mass is 878 g/mol. The van der Waals surface area contributed by atoms with Crippen LogP contribution in [0.3, 0.4) is 0 Å². The van der Waals surface area contributed by atoms with E-state index in [2.05, 4.69) is 236 Å². The summed E-state index contributed by atoms with van der Waals surface area (Å²) in [5.41, 5.74) is 29.3. The average Bonchev–Trinajstić information content (AvgIpc) is 3.99. The van der Waals surface area contributed by atoms with Crippen LogP contribution in [0.25, 0.3) is 121 Å². The van der Waals surface area contributed by atoms with E-state index in [0.29, 0.717) is 0 Å². The second kappa shape index (κ2) is 13.2. The van der Waals surface area contributed by atoms with E-state index in [9.17, 15) is 0 Å². The molecule has 326 valence electrons. The number of fused-ring (bicyclic) bond motifs is 16. The summed E-state index contributed by atoms with van der Waals surface area (Å²) in [7, 11) is 0. The molecule has 0 amide bonds. The summed E-state index contributed by atoms with van der Waals surface area (Å²) >= 11 is 0. The van der Waals surface area contributed by atoms with Crippen LogP contribution in [0.15, 0.2) is 194 Å². The molecule has 0 nitrogen and oxygen atoms in total. The smallest absolute Gasteiger partial charge is 0.0159 e. The molecular weight excluding hydrogens is 829 g/mol. The predicted molar refractivity (Wildman–Crippen MR) is 292 cm³/mol. The Bertz CT molecular complexity index is 4150. The van der Waals surface area contributed by atoms with E-state index in [1.807, 2.05) is 0 Å². The summed E-state index contributed by atoms with van der Waals surface area (Å²) in [6, 6.07) is 74.8. The van der Waals surface area contributed by atoms with Crippen LogP contribution in [0, 0.1) is 0 Å². The molecule has 0 bridgehead atoms. The van der Waals surface area contributed by atoms with Crippen molar-refractivity contribution in [2.24, 2.45) is 0 Å². The molecule has 4 aliphatic rings. The Kier molecular flexibility index (Phi) is 7.53. The van der Waals surface area contributed by atoms with E-state index in [4.69, 9.17) is 0 Å². The first-order chi connectivity index (χ1) is 33.5. The summed E-state index contributed by atoms with van der Waals surface area (Å²) in [5, 5.41) is 7.95. The van der Waals surface area contributed by atoms with Crippen molar-refractivity contribution in [3.8, 4) is 89.0 Å². The minimum atomic E-state index is -0.178. The van der Waals surface area contributed by atoms with Crippen LogP contribution in [-0.4, -0.2) is 0 Å². The third-order valence-electron chi connectivity index (χ3n) is 17.4. The molecule has 69 heavy (non-hydrogen) atoms. The normalized spacial score (nSPS) is 15.4. The molecular formula is C69H50. The molecule has 11 aromatic rings. The molecule has 0 radical (unpaired) electrons. The van der Waals surface area contributed by atoms with E-state index in [0.717, 1.165) is 0 Å². The highest BCUT2D eigenvalue weighted by molar-refractivity contribution is 6.28. The second-order valence-electron chi connectivity index (χ2n) is 22.0. The lowest BCUT2D eigenvalue weighted by Gasteiger charge is -2.24. The van der Waals surface area contributed by atoms with E-state index >= 15 is 0 Å². The third kappa shape index (κ3) is 5.09. The number of hydrogen-bond donors (Lipinski definition) is 0. The van der Waals surface area contributed by atoms with Crippen molar-refractivity contribution in [1.82, 2.24) is 0 Å². The van der Waals surface area contributed by atoms with Crippen LogP contribution in [0.1, 0.15) is 74.9 Å². The lowest BCUT2D eigenvalue weighted by Crippen LogP contribution is -2.16. The van der Waals surface area contributed by atoms with Gasteiger partial charge in [0.1, 0.15) is 0 Å². The van der Waals surface area contributed by atoms with Crippen molar-refractivity contribution in [2.45, 2.75) is 57.8 Å². The Morgan fingerprint density at radius 3 is 1.09 bits per heavy atom. The molecule has 0 aliphatic heterocycles. The van der Waals surface area contributed by atoms with Crippen molar-refractivity contribution in [1.29, 1.82) is 0 Å². The zero-order chi connectivity index (χ0) is 46.3. The van der Waals surface area contributed by atoms with Gasteiger partial charge in [0.25, 0.3) is 0 Å². The summed E-state index contributed by atoms with van der Waals surface area (Å²) in [4.78, 5) is 0. The van der Waals surface area contributed by atoms with E-state index in [1.54, 1.807) is 0 Å². The highest BCUT2D eigenvalue weighted by Gasteiger charge is 2.39. The maximum atomic E-state index is 2.50.